The van der Waals surface area contributed by atoms with Crippen LogP contribution in [0.4, 0.5) is 0 Å². The van der Waals surface area contributed by atoms with Gasteiger partial charge in [-0.15, -0.1) is 0 Å². The Labute approximate surface area is 101 Å². The summed E-state index contributed by atoms with van der Waals surface area (Å²) in [5, 5.41) is 3.56. The molecule has 10 heteroatoms. The molecule has 0 fully saturated rings. The third kappa shape index (κ3) is 3.53. The van der Waals surface area contributed by atoms with Gasteiger partial charge in [-0.2, -0.15) is 4.98 Å². The second-order valence-electron chi connectivity index (χ2n) is 2.47. The molecule has 7 nitrogen and oxygen atoms in total. The maximum atomic E-state index is 10.7. The number of nitrogens with zero attached hydrogens (tertiary/aromatic N) is 2. The molecule has 90 valence electrons. The van der Waals surface area contributed by atoms with Crippen molar-refractivity contribution in [3.63, 3.8) is 0 Å². The highest BCUT2D eigenvalue weighted by Gasteiger charge is 2.19. The van der Waals surface area contributed by atoms with E-state index in [2.05, 4.69) is 14.7 Å². The van der Waals surface area contributed by atoms with Crippen LogP contribution in [0.5, 0.6) is 0 Å². The highest BCUT2D eigenvalue weighted by Crippen LogP contribution is 2.60. The van der Waals surface area contributed by atoms with Gasteiger partial charge in [-0.3, -0.25) is 4.79 Å². The first-order chi connectivity index (χ1) is 7.50. The summed E-state index contributed by atoms with van der Waals surface area (Å²) in [6, 6.07) is 0. The van der Waals surface area contributed by atoms with E-state index in [0.29, 0.717) is 11.6 Å². The van der Waals surface area contributed by atoms with Crippen LogP contribution in [-0.4, -0.2) is 30.3 Å². The van der Waals surface area contributed by atoms with Crippen molar-refractivity contribution in [1.29, 1.82) is 0 Å². The van der Waals surface area contributed by atoms with E-state index >= 15 is 0 Å². The summed E-state index contributed by atoms with van der Waals surface area (Å²) >= 11 is 6.36. The molecule has 0 aliphatic rings. The van der Waals surface area contributed by atoms with Gasteiger partial charge in [0, 0.05) is 14.2 Å². The van der Waals surface area contributed by atoms with Gasteiger partial charge in [-0.1, -0.05) is 16.5 Å². The van der Waals surface area contributed by atoms with Gasteiger partial charge in [0.15, 0.2) is 5.82 Å². The summed E-state index contributed by atoms with van der Waals surface area (Å²) in [7, 11) is 2.95. The van der Waals surface area contributed by atoms with Crippen LogP contribution >= 0.6 is 17.1 Å². The second-order valence-corrected chi connectivity index (χ2v) is 8.99. The van der Waals surface area contributed by atoms with Gasteiger partial charge in [0.1, 0.15) is 0 Å². The number of carbonyl (C=O) groups is 1. The van der Waals surface area contributed by atoms with Gasteiger partial charge in [-0.05, 0) is 11.8 Å². The fraction of sp³-hybridized carbons (Fsp3) is 0.500. The second kappa shape index (κ2) is 5.74. The summed E-state index contributed by atoms with van der Waals surface area (Å²) in [6.45, 7) is 0. The van der Waals surface area contributed by atoms with Crippen molar-refractivity contribution in [1.82, 2.24) is 10.1 Å². The van der Waals surface area contributed by atoms with Crippen molar-refractivity contribution in [2.75, 3.05) is 14.2 Å². The van der Waals surface area contributed by atoms with Crippen LogP contribution in [0.2, 0.25) is 0 Å². The maximum Gasteiger partial charge on any atom is 0.315 e. The van der Waals surface area contributed by atoms with E-state index in [-0.39, 0.29) is 5.89 Å². The lowest BCUT2D eigenvalue weighted by atomic mass is 10.6. The van der Waals surface area contributed by atoms with E-state index in [9.17, 15) is 4.79 Å². The fourth-order valence-electron chi connectivity index (χ4n) is 0.729. The average molecular weight is 283 g/mol. The predicted molar refractivity (Wildman–Crippen MR) is 62.4 cm³/mol. The van der Waals surface area contributed by atoms with E-state index in [1.54, 1.807) is 0 Å². The number of aromatic nitrogens is 2. The quantitative estimate of drug-likeness (QED) is 0.769. The lowest BCUT2D eigenvalue weighted by molar-refractivity contribution is 0.0958. The van der Waals surface area contributed by atoms with Gasteiger partial charge in [0.05, 0.1) is 5.75 Å². The van der Waals surface area contributed by atoms with Gasteiger partial charge in [-0.25, -0.2) is 0 Å². The Kier molecular flexibility index (Phi) is 4.88. The molecule has 1 aromatic heterocycles. The van der Waals surface area contributed by atoms with E-state index in [1.165, 1.54) is 25.6 Å². The molecule has 16 heavy (non-hydrogen) atoms. The van der Waals surface area contributed by atoms with Crippen LogP contribution < -0.4 is 5.73 Å². The number of amides is 1. The molecule has 1 aromatic rings. The van der Waals surface area contributed by atoms with Crippen LogP contribution in [0.25, 0.3) is 0 Å². The summed E-state index contributed by atoms with van der Waals surface area (Å²) in [5.74, 6) is -0.335. The SMILES string of the molecule is COP(=S)(OC)SCc1noc(C(N)=O)n1. The minimum absolute atomic E-state index is 0.223. The zero-order valence-corrected chi connectivity index (χ0v) is 11.1. The molecule has 0 radical (unpaired) electrons. The van der Waals surface area contributed by atoms with Gasteiger partial charge in [0.25, 0.3) is 0 Å². The van der Waals surface area contributed by atoms with E-state index in [4.69, 9.17) is 26.6 Å². The minimum Gasteiger partial charge on any atom is -0.361 e. The molecule has 0 saturated carbocycles. The molecule has 0 spiro atoms. The van der Waals surface area contributed by atoms with Crippen LogP contribution in [0.3, 0.4) is 0 Å². The van der Waals surface area contributed by atoms with Crippen LogP contribution in [0, 0.1) is 0 Å². The first-order valence-corrected chi connectivity index (χ1v) is 8.22. The van der Waals surface area contributed by atoms with Crippen LogP contribution in [0.1, 0.15) is 16.5 Å². The Morgan fingerprint density at radius 1 is 1.62 bits per heavy atom. The molecule has 1 heterocycles. The standard InChI is InChI=1S/C6H10N3O4PS2/c1-11-14(15,12-2)16-3-4-8-6(5(7)10)13-9-4/h3H2,1-2H3,(H2,7,10). The van der Waals surface area contributed by atoms with Gasteiger partial charge < -0.3 is 19.3 Å². The lowest BCUT2D eigenvalue weighted by Crippen LogP contribution is -2.11. The maximum absolute atomic E-state index is 10.7. The Morgan fingerprint density at radius 3 is 2.69 bits per heavy atom. The minimum atomic E-state index is -2.35. The van der Waals surface area contributed by atoms with Crippen molar-refractivity contribution in [2.45, 2.75) is 5.75 Å². The Bertz CT molecular complexity index is 416. The topological polar surface area (TPSA) is 100 Å². The van der Waals surface area contributed by atoms with Crippen molar-refractivity contribution in [3.05, 3.63) is 11.7 Å². The molecule has 0 unspecified atom stereocenters. The number of hydrogen-bond donors (Lipinski definition) is 1. The molecule has 0 aliphatic carbocycles. The zero-order chi connectivity index (χ0) is 12.2. The average Bonchev–Trinajstić information content (AvgIpc) is 2.75. The third-order valence-corrected chi connectivity index (χ3v) is 7.15. The monoisotopic (exact) mass is 283 g/mol. The van der Waals surface area contributed by atoms with Crippen LogP contribution in [-0.2, 0) is 26.6 Å². The third-order valence-electron chi connectivity index (χ3n) is 1.48. The molecular formula is C6H10N3O4PS2. The lowest BCUT2D eigenvalue weighted by Gasteiger charge is -2.14. The molecule has 0 aliphatic heterocycles. The van der Waals surface area contributed by atoms with Crippen molar-refractivity contribution in [2.24, 2.45) is 5.73 Å². The van der Waals surface area contributed by atoms with E-state index < -0.39 is 11.6 Å². The van der Waals surface area contributed by atoms with E-state index in [1.807, 2.05) is 0 Å². The van der Waals surface area contributed by atoms with Crippen molar-refractivity contribution >= 4 is 34.8 Å². The Balaban J connectivity index is 2.61. The summed E-state index contributed by atoms with van der Waals surface area (Å²) in [5.41, 5.74) is 2.61. The Morgan fingerprint density at radius 2 is 2.25 bits per heavy atom. The summed E-state index contributed by atoms with van der Waals surface area (Å²) in [6.07, 6.45) is 0. The number of primary amides is 1. The summed E-state index contributed by atoms with van der Waals surface area (Å²) in [4.78, 5) is 14.5. The highest BCUT2D eigenvalue weighted by atomic mass is 32.9. The molecular weight excluding hydrogens is 273 g/mol. The number of carbonyl (C=O) groups excluding carboxylic acids is 1. The molecule has 1 rings (SSSR count). The molecule has 0 atom stereocenters. The largest absolute Gasteiger partial charge is 0.361 e. The number of nitrogens with two attached hydrogens (primary N) is 1. The van der Waals surface area contributed by atoms with Crippen LogP contribution in [0.15, 0.2) is 4.52 Å². The van der Waals surface area contributed by atoms with Gasteiger partial charge >= 0.3 is 11.8 Å². The van der Waals surface area contributed by atoms with Crippen molar-refractivity contribution < 1.29 is 18.4 Å². The molecule has 1 amide bonds. The molecule has 2 N–H and O–H groups in total. The number of rotatable bonds is 6. The normalized spacial score (nSPS) is 11.6. The Hall–Kier alpha value is -0.470. The molecule has 0 bridgehead atoms. The zero-order valence-electron chi connectivity index (χ0n) is 8.58. The molecule has 0 aromatic carbocycles. The molecule has 0 saturated heterocycles. The van der Waals surface area contributed by atoms with Gasteiger partial charge in [0.2, 0.25) is 5.69 Å². The van der Waals surface area contributed by atoms with Crippen molar-refractivity contribution in [3.8, 4) is 0 Å². The predicted octanol–water partition coefficient (Wildman–Crippen LogP) is 0.919. The first-order valence-electron chi connectivity index (χ1n) is 3.99. The number of hydrogen-bond acceptors (Lipinski definition) is 8. The summed E-state index contributed by atoms with van der Waals surface area (Å²) < 4.78 is 14.7. The fourth-order valence-corrected chi connectivity index (χ4v) is 3.41. The highest BCUT2D eigenvalue weighted by molar-refractivity contribution is 8.67. The van der Waals surface area contributed by atoms with E-state index in [0.717, 1.165) is 0 Å². The smallest absolute Gasteiger partial charge is 0.315 e. The first kappa shape index (κ1) is 13.6.